The molecule has 0 radical (unpaired) electrons. The summed E-state index contributed by atoms with van der Waals surface area (Å²) >= 11 is 0. The molecular formula is C32H52N4O3. The summed E-state index contributed by atoms with van der Waals surface area (Å²) in [6, 6.07) is 9.40. The Bertz CT molecular complexity index is 1260. The average molecular weight is 541 g/mol. The number of aryl methyl sites for hydroxylation is 1. The minimum atomic E-state index is -0.287. The highest BCUT2D eigenvalue weighted by molar-refractivity contribution is 5.93. The highest BCUT2D eigenvalue weighted by atomic mass is 16.5. The molecule has 4 rings (SSSR count). The van der Waals surface area contributed by atoms with Crippen LogP contribution in [0, 0.1) is 6.92 Å². The van der Waals surface area contributed by atoms with Crippen molar-refractivity contribution >= 4 is 27.8 Å². The van der Waals surface area contributed by atoms with Gasteiger partial charge in [0.25, 0.3) is 0 Å². The number of nitrogens with one attached hydrogen (secondary N) is 2. The number of carbonyl (C=O) groups is 1. The van der Waals surface area contributed by atoms with Crippen molar-refractivity contribution in [2.75, 3.05) is 41.3 Å². The predicted molar refractivity (Wildman–Crippen MR) is 168 cm³/mol. The molecule has 0 bridgehead atoms. The molecule has 0 amide bonds. The number of aromatic nitrogens is 2. The summed E-state index contributed by atoms with van der Waals surface area (Å²) in [5, 5.41) is 11.8. The standard InChI is InChI=1S/C15H20N2O2.C12H16N2O.2C2H6.CH4/c1-10-5-6-13(19-11(2)18)14-12(7-8-17(3)4)9-16-15(10)14;1-14(2)7-6-9-8-13-10-4-3-5-11(15)12(9)10;2*1-2;/h5-6,9,16H,7-8H2,1-4H3;3-5,8,13,15H,6-7H2,1-2H3;2*1-2H3;1H4. The van der Waals surface area contributed by atoms with Crippen molar-refractivity contribution in [2.24, 2.45) is 0 Å². The Morgan fingerprint density at radius 2 is 1.38 bits per heavy atom. The topological polar surface area (TPSA) is 84.6 Å². The fourth-order valence-electron chi connectivity index (χ4n) is 3.98. The van der Waals surface area contributed by atoms with Gasteiger partial charge in [-0.1, -0.05) is 47.3 Å². The molecule has 4 aromatic rings. The van der Waals surface area contributed by atoms with E-state index in [1.54, 1.807) is 6.07 Å². The Labute approximate surface area is 236 Å². The number of aromatic hydroxyl groups is 1. The van der Waals surface area contributed by atoms with Gasteiger partial charge in [0.2, 0.25) is 0 Å². The Hall–Kier alpha value is -3.29. The molecule has 0 saturated heterocycles. The molecule has 2 heterocycles. The quantitative estimate of drug-likeness (QED) is 0.171. The molecule has 2 aromatic heterocycles. The number of carbonyl (C=O) groups excluding carboxylic acids is 1. The van der Waals surface area contributed by atoms with E-state index in [-0.39, 0.29) is 13.4 Å². The molecule has 7 nitrogen and oxygen atoms in total. The highest BCUT2D eigenvalue weighted by Gasteiger charge is 2.13. The zero-order valence-corrected chi connectivity index (χ0v) is 25.0. The molecule has 0 aliphatic carbocycles. The van der Waals surface area contributed by atoms with Crippen LogP contribution in [0.5, 0.6) is 11.5 Å². The Morgan fingerprint density at radius 1 is 0.846 bits per heavy atom. The van der Waals surface area contributed by atoms with Crippen LogP contribution in [-0.2, 0) is 17.6 Å². The first-order valence-corrected chi connectivity index (χ1v) is 13.5. The van der Waals surface area contributed by atoms with E-state index in [0.717, 1.165) is 53.3 Å². The van der Waals surface area contributed by atoms with Crippen LogP contribution in [0.4, 0.5) is 0 Å². The fourth-order valence-corrected chi connectivity index (χ4v) is 3.98. The van der Waals surface area contributed by atoms with Crippen molar-refractivity contribution in [2.45, 2.75) is 61.8 Å². The molecule has 3 N–H and O–H groups in total. The van der Waals surface area contributed by atoms with Gasteiger partial charge in [-0.2, -0.15) is 0 Å². The number of aromatic amines is 2. The van der Waals surface area contributed by atoms with Gasteiger partial charge in [-0.05, 0) is 82.8 Å². The SMILES string of the molecule is C.CC.CC.CC(=O)Oc1ccc(C)c2[nH]cc(CCN(C)C)c12.CN(C)CCc1c[nH]c2cccc(O)c12. The zero-order chi connectivity index (χ0) is 28.8. The third kappa shape index (κ3) is 10.4. The first-order chi connectivity index (χ1) is 18.2. The highest BCUT2D eigenvalue weighted by Crippen LogP contribution is 2.31. The Morgan fingerprint density at radius 3 is 1.92 bits per heavy atom. The van der Waals surface area contributed by atoms with E-state index in [1.165, 1.54) is 18.1 Å². The molecule has 39 heavy (non-hydrogen) atoms. The molecule has 0 spiro atoms. The number of hydrogen-bond acceptors (Lipinski definition) is 5. The summed E-state index contributed by atoms with van der Waals surface area (Å²) in [7, 11) is 8.20. The minimum absolute atomic E-state index is 0. The minimum Gasteiger partial charge on any atom is -0.507 e. The van der Waals surface area contributed by atoms with Crippen LogP contribution in [0.2, 0.25) is 0 Å². The van der Waals surface area contributed by atoms with Gasteiger partial charge in [0.15, 0.2) is 0 Å². The number of benzene rings is 2. The van der Waals surface area contributed by atoms with Crippen LogP contribution in [0.25, 0.3) is 21.8 Å². The van der Waals surface area contributed by atoms with Gasteiger partial charge in [-0.25, -0.2) is 0 Å². The van der Waals surface area contributed by atoms with Crippen molar-refractivity contribution in [3.8, 4) is 11.5 Å². The molecule has 0 atom stereocenters. The van der Waals surface area contributed by atoms with Gasteiger partial charge >= 0.3 is 5.97 Å². The number of ether oxygens (including phenoxy) is 1. The van der Waals surface area contributed by atoms with Crippen LogP contribution >= 0.6 is 0 Å². The number of esters is 1. The summed E-state index contributed by atoms with van der Waals surface area (Å²) < 4.78 is 5.32. The number of phenolic OH excluding ortho intramolecular Hbond substituents is 1. The second kappa shape index (κ2) is 18.1. The van der Waals surface area contributed by atoms with Crippen molar-refractivity contribution in [3.63, 3.8) is 0 Å². The number of rotatable bonds is 7. The largest absolute Gasteiger partial charge is 0.507 e. The fraction of sp³-hybridized carbons (Fsp3) is 0.469. The number of H-pyrrole nitrogens is 2. The lowest BCUT2D eigenvalue weighted by molar-refractivity contribution is -0.131. The van der Waals surface area contributed by atoms with E-state index in [2.05, 4.69) is 33.9 Å². The van der Waals surface area contributed by atoms with Gasteiger partial charge in [0, 0.05) is 48.7 Å². The number of likely N-dealkylation sites (N-methyl/N-ethyl adjacent to an activating group) is 2. The average Bonchev–Trinajstić information content (AvgIpc) is 3.52. The Balaban J connectivity index is 0.000000654. The maximum Gasteiger partial charge on any atom is 0.308 e. The second-order valence-electron chi connectivity index (χ2n) is 9.16. The second-order valence-corrected chi connectivity index (χ2v) is 9.16. The molecule has 218 valence electrons. The van der Waals surface area contributed by atoms with E-state index in [1.807, 2.05) is 85.4 Å². The predicted octanol–water partition coefficient (Wildman–Crippen LogP) is 7.17. The molecule has 0 unspecified atom stereocenters. The first-order valence-electron chi connectivity index (χ1n) is 13.5. The maximum atomic E-state index is 11.2. The summed E-state index contributed by atoms with van der Waals surface area (Å²) in [5.74, 6) is 0.718. The summed E-state index contributed by atoms with van der Waals surface area (Å²) in [4.78, 5) is 21.9. The van der Waals surface area contributed by atoms with Crippen LogP contribution < -0.4 is 4.74 Å². The molecule has 0 saturated carbocycles. The molecule has 7 heteroatoms. The van der Waals surface area contributed by atoms with E-state index in [9.17, 15) is 9.90 Å². The van der Waals surface area contributed by atoms with E-state index in [4.69, 9.17) is 4.74 Å². The lowest BCUT2D eigenvalue weighted by atomic mass is 10.1. The molecular weight excluding hydrogens is 488 g/mol. The van der Waals surface area contributed by atoms with Crippen molar-refractivity contribution in [1.82, 2.24) is 19.8 Å². The maximum absolute atomic E-state index is 11.2. The van der Waals surface area contributed by atoms with Crippen molar-refractivity contribution in [1.29, 1.82) is 0 Å². The van der Waals surface area contributed by atoms with Gasteiger partial charge < -0.3 is 29.6 Å². The lowest BCUT2D eigenvalue weighted by Gasteiger charge is -2.10. The van der Waals surface area contributed by atoms with E-state index in [0.29, 0.717) is 11.5 Å². The third-order valence-corrected chi connectivity index (χ3v) is 5.76. The number of hydrogen-bond donors (Lipinski definition) is 3. The first kappa shape index (κ1) is 35.7. The van der Waals surface area contributed by atoms with Gasteiger partial charge in [-0.15, -0.1) is 0 Å². The van der Waals surface area contributed by atoms with Crippen LogP contribution in [0.15, 0.2) is 42.7 Å². The number of fused-ring (bicyclic) bond motifs is 2. The van der Waals surface area contributed by atoms with Crippen LogP contribution in [-0.4, -0.2) is 72.1 Å². The zero-order valence-electron chi connectivity index (χ0n) is 25.0. The van der Waals surface area contributed by atoms with Gasteiger partial charge in [0.05, 0.1) is 5.52 Å². The van der Waals surface area contributed by atoms with E-state index >= 15 is 0 Å². The molecule has 0 fully saturated rings. The van der Waals surface area contributed by atoms with Crippen molar-refractivity contribution in [3.05, 3.63) is 59.4 Å². The molecule has 2 aromatic carbocycles. The monoisotopic (exact) mass is 540 g/mol. The van der Waals surface area contributed by atoms with E-state index < -0.39 is 0 Å². The third-order valence-electron chi connectivity index (χ3n) is 5.76. The number of nitrogens with zero attached hydrogens (tertiary/aromatic N) is 2. The molecule has 0 aliphatic heterocycles. The van der Waals surface area contributed by atoms with Crippen LogP contribution in [0.1, 0.15) is 58.7 Å². The number of phenols is 1. The lowest BCUT2D eigenvalue weighted by Crippen LogP contribution is -2.15. The summed E-state index contributed by atoms with van der Waals surface area (Å²) in [6.45, 7) is 13.4. The van der Waals surface area contributed by atoms with Crippen molar-refractivity contribution < 1.29 is 14.6 Å². The van der Waals surface area contributed by atoms with Gasteiger partial charge in [-0.3, -0.25) is 4.79 Å². The molecule has 0 aliphatic rings. The Kier molecular flexibility index (Phi) is 16.6. The summed E-state index contributed by atoms with van der Waals surface area (Å²) in [5.41, 5.74) is 5.57. The smallest absolute Gasteiger partial charge is 0.308 e. The van der Waals surface area contributed by atoms with Crippen LogP contribution in [0.3, 0.4) is 0 Å². The summed E-state index contributed by atoms with van der Waals surface area (Å²) in [6.07, 6.45) is 5.86. The van der Waals surface area contributed by atoms with Gasteiger partial charge in [0.1, 0.15) is 11.5 Å². The normalized spacial score (nSPS) is 10.2.